The van der Waals surface area contributed by atoms with Gasteiger partial charge in [0.15, 0.2) is 0 Å². The Labute approximate surface area is 175 Å². The second-order valence-electron chi connectivity index (χ2n) is 8.41. The maximum atomic E-state index is 13.4. The number of carbonyl (C=O) groups is 1. The van der Waals surface area contributed by atoms with E-state index in [1.165, 1.54) is 12.8 Å². The molecule has 3 aliphatic rings. The molecule has 6 heteroatoms. The number of pyridine rings is 1. The molecule has 2 aromatic rings. The molecule has 1 aromatic heterocycles. The molecule has 1 atom stereocenters. The van der Waals surface area contributed by atoms with Crippen molar-refractivity contribution in [2.75, 3.05) is 13.2 Å². The van der Waals surface area contributed by atoms with E-state index in [-0.39, 0.29) is 17.6 Å². The molecule has 5 nitrogen and oxygen atoms in total. The van der Waals surface area contributed by atoms with Gasteiger partial charge in [0.1, 0.15) is 6.10 Å². The van der Waals surface area contributed by atoms with Gasteiger partial charge in [-0.15, -0.1) is 0 Å². The van der Waals surface area contributed by atoms with Crippen LogP contribution in [0.2, 0.25) is 5.02 Å². The Morgan fingerprint density at radius 1 is 1.21 bits per heavy atom. The van der Waals surface area contributed by atoms with Crippen molar-refractivity contribution in [1.82, 2.24) is 9.47 Å². The Morgan fingerprint density at radius 2 is 2.07 bits per heavy atom. The number of aromatic nitrogens is 1. The standard InChI is InChI=1S/C23H25ClN2O3/c24-18-4-1-3-16(11-18)19-12-17-14-25(23(28)21-5-2-10-29-21)9-8-20(17)26(22(19)27)13-15-6-7-15/h1,3-4,11-12,15,21H,2,5-10,13-14H2. The maximum absolute atomic E-state index is 13.4. The van der Waals surface area contributed by atoms with Crippen LogP contribution in [-0.2, 0) is 29.0 Å². The lowest BCUT2D eigenvalue weighted by molar-refractivity contribution is -0.141. The third-order valence-corrected chi connectivity index (χ3v) is 6.50. The van der Waals surface area contributed by atoms with Gasteiger partial charge in [-0.25, -0.2) is 0 Å². The van der Waals surface area contributed by atoms with Crippen molar-refractivity contribution in [1.29, 1.82) is 0 Å². The van der Waals surface area contributed by atoms with Gasteiger partial charge in [-0.1, -0.05) is 23.7 Å². The van der Waals surface area contributed by atoms with Crippen LogP contribution in [0.15, 0.2) is 35.1 Å². The molecule has 152 valence electrons. The molecule has 0 bridgehead atoms. The van der Waals surface area contributed by atoms with E-state index < -0.39 is 0 Å². The highest BCUT2D eigenvalue weighted by atomic mass is 35.5. The minimum Gasteiger partial charge on any atom is -0.368 e. The van der Waals surface area contributed by atoms with E-state index >= 15 is 0 Å². The van der Waals surface area contributed by atoms with Crippen LogP contribution in [0.5, 0.6) is 0 Å². The van der Waals surface area contributed by atoms with Crippen molar-refractivity contribution < 1.29 is 9.53 Å². The van der Waals surface area contributed by atoms with E-state index in [0.717, 1.165) is 36.2 Å². The molecule has 1 aromatic carbocycles. The Hall–Kier alpha value is -2.11. The second kappa shape index (κ2) is 7.62. The number of rotatable bonds is 4. The van der Waals surface area contributed by atoms with Gasteiger partial charge < -0.3 is 14.2 Å². The van der Waals surface area contributed by atoms with Crippen molar-refractivity contribution >= 4 is 17.5 Å². The quantitative estimate of drug-likeness (QED) is 0.770. The van der Waals surface area contributed by atoms with Crippen LogP contribution in [-0.4, -0.2) is 34.6 Å². The first kappa shape index (κ1) is 18.9. The van der Waals surface area contributed by atoms with Crippen LogP contribution >= 0.6 is 11.6 Å². The number of benzene rings is 1. The first-order valence-electron chi connectivity index (χ1n) is 10.5. The summed E-state index contributed by atoms with van der Waals surface area (Å²) in [7, 11) is 0. The summed E-state index contributed by atoms with van der Waals surface area (Å²) in [6, 6.07) is 9.42. The summed E-state index contributed by atoms with van der Waals surface area (Å²) in [6.07, 6.45) is 4.53. The first-order valence-corrected chi connectivity index (χ1v) is 10.9. The van der Waals surface area contributed by atoms with Crippen LogP contribution in [0.3, 0.4) is 0 Å². The van der Waals surface area contributed by atoms with Gasteiger partial charge in [-0.2, -0.15) is 0 Å². The van der Waals surface area contributed by atoms with Gasteiger partial charge >= 0.3 is 0 Å². The molecule has 0 N–H and O–H groups in total. The number of fused-ring (bicyclic) bond motifs is 1. The van der Waals surface area contributed by atoms with Crippen molar-refractivity contribution in [3.63, 3.8) is 0 Å². The van der Waals surface area contributed by atoms with Crippen LogP contribution in [0.25, 0.3) is 11.1 Å². The fourth-order valence-electron chi connectivity index (χ4n) is 4.50. The van der Waals surface area contributed by atoms with Gasteiger partial charge in [-0.3, -0.25) is 9.59 Å². The molecule has 1 aliphatic carbocycles. The van der Waals surface area contributed by atoms with Gasteiger partial charge in [0.2, 0.25) is 0 Å². The summed E-state index contributed by atoms with van der Waals surface area (Å²) in [6.45, 7) is 2.62. The second-order valence-corrected chi connectivity index (χ2v) is 8.85. The monoisotopic (exact) mass is 412 g/mol. The normalized spacial score (nSPS) is 21.3. The van der Waals surface area contributed by atoms with Crippen LogP contribution in [0, 0.1) is 5.92 Å². The highest BCUT2D eigenvalue weighted by Gasteiger charge is 2.32. The molecule has 29 heavy (non-hydrogen) atoms. The minimum absolute atomic E-state index is 0.0526. The molecule has 0 radical (unpaired) electrons. The lowest BCUT2D eigenvalue weighted by Crippen LogP contribution is -2.43. The lowest BCUT2D eigenvalue weighted by Gasteiger charge is -2.32. The summed E-state index contributed by atoms with van der Waals surface area (Å²) in [5.74, 6) is 0.676. The molecule has 1 amide bonds. The molecule has 2 fully saturated rings. The summed E-state index contributed by atoms with van der Waals surface area (Å²) in [5.41, 5.74) is 3.70. The number of amides is 1. The first-order chi connectivity index (χ1) is 14.1. The number of ether oxygens (including phenoxy) is 1. The minimum atomic E-state index is -0.304. The van der Waals surface area contributed by atoms with Gasteiger partial charge in [0.25, 0.3) is 11.5 Å². The van der Waals surface area contributed by atoms with Gasteiger partial charge in [0, 0.05) is 48.9 Å². The zero-order valence-corrected chi connectivity index (χ0v) is 17.2. The molecular weight excluding hydrogens is 388 g/mol. The van der Waals surface area contributed by atoms with E-state index in [1.807, 2.05) is 39.8 Å². The third-order valence-electron chi connectivity index (χ3n) is 6.26. The van der Waals surface area contributed by atoms with Gasteiger partial charge in [-0.05, 0) is 60.9 Å². The van der Waals surface area contributed by atoms with Crippen LogP contribution in [0.1, 0.15) is 36.9 Å². The summed E-state index contributed by atoms with van der Waals surface area (Å²) in [4.78, 5) is 28.1. The molecule has 1 unspecified atom stereocenters. The number of carbonyl (C=O) groups excluding carboxylic acids is 1. The molecule has 2 aliphatic heterocycles. The molecule has 0 spiro atoms. The topological polar surface area (TPSA) is 51.5 Å². The average Bonchev–Trinajstić information content (AvgIpc) is 3.38. The summed E-state index contributed by atoms with van der Waals surface area (Å²) in [5, 5.41) is 0.614. The Balaban J connectivity index is 1.54. The van der Waals surface area contributed by atoms with E-state index in [2.05, 4.69) is 0 Å². The zero-order chi connectivity index (χ0) is 20.0. The Morgan fingerprint density at radius 3 is 2.79 bits per heavy atom. The summed E-state index contributed by atoms with van der Waals surface area (Å²) < 4.78 is 7.57. The number of halogens is 1. The fourth-order valence-corrected chi connectivity index (χ4v) is 4.69. The van der Waals surface area contributed by atoms with Crippen molar-refractivity contribution in [3.8, 4) is 11.1 Å². The number of hydrogen-bond donors (Lipinski definition) is 0. The average molecular weight is 413 g/mol. The third kappa shape index (κ3) is 3.74. The Kier molecular flexibility index (Phi) is 4.96. The lowest BCUT2D eigenvalue weighted by atomic mass is 9.98. The Bertz CT molecular complexity index is 1010. The van der Waals surface area contributed by atoms with E-state index in [4.69, 9.17) is 16.3 Å². The van der Waals surface area contributed by atoms with Crippen molar-refractivity contribution in [2.24, 2.45) is 5.92 Å². The zero-order valence-electron chi connectivity index (χ0n) is 16.4. The van der Waals surface area contributed by atoms with Gasteiger partial charge in [0.05, 0.1) is 0 Å². The van der Waals surface area contributed by atoms with Crippen molar-refractivity contribution in [2.45, 2.75) is 51.3 Å². The molecule has 3 heterocycles. The van der Waals surface area contributed by atoms with E-state index in [9.17, 15) is 9.59 Å². The number of nitrogens with zero attached hydrogens (tertiary/aromatic N) is 2. The highest BCUT2D eigenvalue weighted by molar-refractivity contribution is 6.30. The fraction of sp³-hybridized carbons (Fsp3) is 0.478. The smallest absolute Gasteiger partial charge is 0.258 e. The predicted octanol–water partition coefficient (Wildman–Crippen LogP) is 3.64. The predicted molar refractivity (Wildman–Crippen MR) is 112 cm³/mol. The molecule has 1 saturated carbocycles. The van der Waals surface area contributed by atoms with Crippen molar-refractivity contribution in [3.05, 3.63) is 57.0 Å². The highest BCUT2D eigenvalue weighted by Crippen LogP contribution is 2.33. The van der Waals surface area contributed by atoms with E-state index in [0.29, 0.717) is 42.6 Å². The molecule has 5 rings (SSSR count). The summed E-state index contributed by atoms with van der Waals surface area (Å²) >= 11 is 6.19. The maximum Gasteiger partial charge on any atom is 0.258 e. The molecule has 1 saturated heterocycles. The molecular formula is C23H25ClN2O3. The van der Waals surface area contributed by atoms with E-state index in [1.54, 1.807) is 0 Å². The number of hydrogen-bond acceptors (Lipinski definition) is 3. The SMILES string of the molecule is O=C(C1CCCO1)N1CCc2c(cc(-c3cccc(Cl)c3)c(=O)n2CC2CC2)C1. The largest absolute Gasteiger partial charge is 0.368 e. The van der Waals surface area contributed by atoms with Crippen LogP contribution < -0.4 is 5.56 Å². The van der Waals surface area contributed by atoms with Crippen LogP contribution in [0.4, 0.5) is 0 Å².